The van der Waals surface area contributed by atoms with Crippen molar-refractivity contribution < 1.29 is 9.47 Å². The van der Waals surface area contributed by atoms with Crippen molar-refractivity contribution >= 4 is 44.7 Å². The summed E-state index contributed by atoms with van der Waals surface area (Å²) in [6.07, 6.45) is 0. The Bertz CT molecular complexity index is 679. The first-order valence-corrected chi connectivity index (χ1v) is 7.63. The molecule has 0 aliphatic heterocycles. The molecule has 6 heteroatoms. The monoisotopic (exact) mass is 385 g/mol. The van der Waals surface area contributed by atoms with Gasteiger partial charge in [-0.05, 0) is 35.9 Å². The van der Waals surface area contributed by atoms with Gasteiger partial charge in [0.2, 0.25) is 0 Å². The van der Waals surface area contributed by atoms with E-state index in [0.717, 1.165) is 10.0 Å². The van der Waals surface area contributed by atoms with Crippen LogP contribution in [0.1, 0.15) is 11.1 Å². The topological polar surface area (TPSA) is 44.5 Å². The predicted octanol–water partition coefficient (Wildman–Crippen LogP) is 4.32. The lowest BCUT2D eigenvalue weighted by Crippen LogP contribution is -2.12. The summed E-state index contributed by atoms with van der Waals surface area (Å²) in [4.78, 5) is 0.286. The fraction of sp³-hybridized carbons (Fsp3) is 0.133. The van der Waals surface area contributed by atoms with E-state index in [2.05, 4.69) is 15.9 Å². The van der Waals surface area contributed by atoms with Gasteiger partial charge in [-0.1, -0.05) is 45.8 Å². The Hall–Kier alpha value is -1.30. The number of rotatable bonds is 5. The first-order valence-electron chi connectivity index (χ1n) is 6.06. The molecule has 0 saturated heterocycles. The average molecular weight is 387 g/mol. The molecule has 2 aromatic carbocycles. The van der Waals surface area contributed by atoms with E-state index in [-0.39, 0.29) is 4.99 Å². The van der Waals surface area contributed by atoms with Crippen LogP contribution in [-0.4, -0.2) is 12.1 Å². The molecule has 0 radical (unpaired) electrons. The van der Waals surface area contributed by atoms with Gasteiger partial charge in [0, 0.05) is 4.47 Å². The normalized spacial score (nSPS) is 10.2. The predicted molar refractivity (Wildman–Crippen MR) is 92.4 cm³/mol. The third-order valence-electron chi connectivity index (χ3n) is 2.82. The van der Waals surface area contributed by atoms with Gasteiger partial charge in [0.05, 0.1) is 17.7 Å². The van der Waals surface area contributed by atoms with E-state index in [9.17, 15) is 0 Å². The van der Waals surface area contributed by atoms with Crippen LogP contribution in [0.2, 0.25) is 5.02 Å². The molecule has 0 aliphatic carbocycles. The molecule has 3 nitrogen and oxygen atoms in total. The van der Waals surface area contributed by atoms with Crippen molar-refractivity contribution in [1.82, 2.24) is 0 Å². The van der Waals surface area contributed by atoms with E-state index in [1.54, 1.807) is 13.2 Å². The Morgan fingerprint density at radius 2 is 2.00 bits per heavy atom. The molecular weight excluding hydrogens is 374 g/mol. The zero-order valence-corrected chi connectivity index (χ0v) is 14.4. The van der Waals surface area contributed by atoms with Crippen molar-refractivity contribution in [2.45, 2.75) is 6.61 Å². The third-order valence-corrected chi connectivity index (χ3v) is 3.84. The summed E-state index contributed by atoms with van der Waals surface area (Å²) in [6.45, 7) is 0.357. The summed E-state index contributed by atoms with van der Waals surface area (Å²) in [5.41, 5.74) is 7.31. The van der Waals surface area contributed by atoms with Crippen molar-refractivity contribution in [2.75, 3.05) is 7.11 Å². The zero-order valence-electron chi connectivity index (χ0n) is 11.2. The summed E-state index contributed by atoms with van der Waals surface area (Å²) < 4.78 is 11.9. The molecule has 0 amide bonds. The SMILES string of the molecule is COc1ccc(COc2cc(Br)ccc2Cl)cc1C(N)=S. The van der Waals surface area contributed by atoms with Gasteiger partial charge in [0.15, 0.2) is 0 Å². The highest BCUT2D eigenvalue weighted by molar-refractivity contribution is 9.10. The number of halogens is 2. The van der Waals surface area contributed by atoms with Gasteiger partial charge in [-0.25, -0.2) is 0 Å². The van der Waals surface area contributed by atoms with E-state index in [1.807, 2.05) is 30.3 Å². The Labute approximate surface area is 142 Å². The Morgan fingerprint density at radius 1 is 1.24 bits per heavy atom. The zero-order chi connectivity index (χ0) is 15.4. The highest BCUT2D eigenvalue weighted by atomic mass is 79.9. The van der Waals surface area contributed by atoms with Gasteiger partial charge in [-0.3, -0.25) is 0 Å². The molecular formula is C15H13BrClNO2S. The second-order valence-electron chi connectivity index (χ2n) is 4.26. The molecule has 0 fully saturated rings. The molecule has 2 aromatic rings. The highest BCUT2D eigenvalue weighted by Gasteiger charge is 2.08. The standard InChI is InChI=1S/C15H13BrClNO2S/c1-19-13-5-2-9(6-11(13)15(18)21)8-20-14-7-10(16)3-4-12(14)17/h2-7H,8H2,1H3,(H2,18,21). The van der Waals surface area contributed by atoms with Gasteiger partial charge >= 0.3 is 0 Å². The summed E-state index contributed by atoms with van der Waals surface area (Å²) in [7, 11) is 1.58. The number of ether oxygens (including phenoxy) is 2. The van der Waals surface area contributed by atoms with E-state index < -0.39 is 0 Å². The van der Waals surface area contributed by atoms with Crippen LogP contribution in [0.15, 0.2) is 40.9 Å². The third kappa shape index (κ3) is 4.09. The van der Waals surface area contributed by atoms with Crippen molar-refractivity contribution in [3.8, 4) is 11.5 Å². The minimum absolute atomic E-state index is 0.286. The highest BCUT2D eigenvalue weighted by Crippen LogP contribution is 2.29. The fourth-order valence-corrected chi connectivity index (χ4v) is 2.46. The van der Waals surface area contributed by atoms with Gasteiger partial charge in [0.1, 0.15) is 23.1 Å². The molecule has 0 aliphatic rings. The largest absolute Gasteiger partial charge is 0.496 e. The van der Waals surface area contributed by atoms with E-state index >= 15 is 0 Å². The lowest BCUT2D eigenvalue weighted by molar-refractivity contribution is 0.306. The Balaban J connectivity index is 2.18. The molecule has 0 saturated carbocycles. The van der Waals surface area contributed by atoms with Crippen LogP contribution in [0.25, 0.3) is 0 Å². The van der Waals surface area contributed by atoms with Gasteiger partial charge < -0.3 is 15.2 Å². The second-order valence-corrected chi connectivity index (χ2v) is 6.03. The smallest absolute Gasteiger partial charge is 0.139 e. The summed E-state index contributed by atoms with van der Waals surface area (Å²) in [6, 6.07) is 11.0. The number of benzene rings is 2. The van der Waals surface area contributed by atoms with Crippen molar-refractivity contribution in [3.05, 3.63) is 57.0 Å². The lowest BCUT2D eigenvalue weighted by Gasteiger charge is -2.11. The Kier molecular flexibility index (Phi) is 5.45. The first kappa shape index (κ1) is 16.1. The van der Waals surface area contributed by atoms with Crippen LogP contribution in [0.5, 0.6) is 11.5 Å². The van der Waals surface area contributed by atoms with Gasteiger partial charge in [-0.2, -0.15) is 0 Å². The van der Waals surface area contributed by atoms with Gasteiger partial charge in [-0.15, -0.1) is 0 Å². The second kappa shape index (κ2) is 7.11. The minimum atomic E-state index is 0.286. The lowest BCUT2D eigenvalue weighted by atomic mass is 10.1. The van der Waals surface area contributed by atoms with Crippen LogP contribution in [0, 0.1) is 0 Å². The molecule has 0 heterocycles. The van der Waals surface area contributed by atoms with Crippen LogP contribution in [0.3, 0.4) is 0 Å². The summed E-state index contributed by atoms with van der Waals surface area (Å²) in [5, 5.41) is 0.557. The van der Waals surface area contributed by atoms with Crippen LogP contribution < -0.4 is 15.2 Å². The quantitative estimate of drug-likeness (QED) is 0.777. The van der Waals surface area contributed by atoms with Crippen LogP contribution in [0.4, 0.5) is 0 Å². The molecule has 0 atom stereocenters. The Morgan fingerprint density at radius 3 is 2.67 bits per heavy atom. The number of hydrogen-bond donors (Lipinski definition) is 1. The van der Waals surface area contributed by atoms with Gasteiger partial charge in [0.25, 0.3) is 0 Å². The molecule has 0 spiro atoms. The number of hydrogen-bond acceptors (Lipinski definition) is 3. The van der Waals surface area contributed by atoms with E-state index in [1.165, 1.54) is 0 Å². The summed E-state index contributed by atoms with van der Waals surface area (Å²) in [5.74, 6) is 1.26. The maximum Gasteiger partial charge on any atom is 0.139 e. The first-order chi connectivity index (χ1) is 10.0. The average Bonchev–Trinajstić information content (AvgIpc) is 2.47. The van der Waals surface area contributed by atoms with Crippen LogP contribution >= 0.6 is 39.7 Å². The van der Waals surface area contributed by atoms with Crippen molar-refractivity contribution in [1.29, 1.82) is 0 Å². The van der Waals surface area contributed by atoms with Crippen molar-refractivity contribution in [3.63, 3.8) is 0 Å². The molecule has 2 N–H and O–H groups in total. The molecule has 110 valence electrons. The molecule has 0 unspecified atom stereocenters. The maximum atomic E-state index is 6.09. The maximum absolute atomic E-state index is 6.09. The fourth-order valence-electron chi connectivity index (χ4n) is 1.79. The number of methoxy groups -OCH3 is 1. The molecule has 21 heavy (non-hydrogen) atoms. The minimum Gasteiger partial charge on any atom is -0.496 e. The van der Waals surface area contributed by atoms with E-state index in [0.29, 0.717) is 28.7 Å². The van der Waals surface area contributed by atoms with Crippen molar-refractivity contribution in [2.24, 2.45) is 5.73 Å². The molecule has 0 bridgehead atoms. The van der Waals surface area contributed by atoms with Crippen LogP contribution in [-0.2, 0) is 6.61 Å². The summed E-state index contributed by atoms with van der Waals surface area (Å²) >= 11 is 14.5. The molecule has 0 aromatic heterocycles. The van der Waals surface area contributed by atoms with E-state index in [4.69, 9.17) is 39.0 Å². The number of nitrogens with two attached hydrogens (primary N) is 1. The number of thiocarbonyl (C=S) groups is 1. The molecule has 2 rings (SSSR count).